The fourth-order valence-electron chi connectivity index (χ4n) is 6.85. The lowest BCUT2D eigenvalue weighted by Gasteiger charge is -2.30. The molecule has 0 saturated carbocycles. The number of likely N-dealkylation sites (tertiary alicyclic amines) is 1. The lowest BCUT2D eigenvalue weighted by atomic mass is 9.98. The van der Waals surface area contributed by atoms with Crippen LogP contribution < -0.4 is 10.6 Å². The Morgan fingerprint density at radius 1 is 0.898 bits per heavy atom. The second-order valence-corrected chi connectivity index (χ2v) is 13.3. The van der Waals surface area contributed by atoms with E-state index in [4.69, 9.17) is 4.74 Å². The molecule has 10 nitrogen and oxygen atoms in total. The number of carbonyl (C=O) groups is 2. The van der Waals surface area contributed by atoms with Gasteiger partial charge >= 0.3 is 6.09 Å². The molecule has 5 aromatic rings. The summed E-state index contributed by atoms with van der Waals surface area (Å²) in [7, 11) is 1.29. The fraction of sp³-hybridized carbons (Fsp3) is 0.351. The Labute approximate surface area is 282 Å². The third-order valence-corrected chi connectivity index (χ3v) is 9.55. The molecule has 0 bridgehead atoms. The SMILES string of the molecule is COC(=O)N[C@H](C(=O)N1CCC[C@H]1c1ncc(-c2ccc3cc(-c4ccc(-c5cnc([C@@H]6CC(F)(F)CN6)[nH]5)cc4)ccc3c2)[nH]1)C(C)C. The van der Waals surface area contributed by atoms with Crippen molar-refractivity contribution >= 4 is 22.8 Å². The topological polar surface area (TPSA) is 128 Å². The summed E-state index contributed by atoms with van der Waals surface area (Å²) in [6, 6.07) is 19.4. The lowest BCUT2D eigenvalue weighted by molar-refractivity contribution is -0.135. The average Bonchev–Trinajstić information content (AvgIpc) is 3.93. The number of nitrogens with zero attached hydrogens (tertiary/aromatic N) is 3. The van der Waals surface area contributed by atoms with Gasteiger partial charge in [0, 0.05) is 18.5 Å². The van der Waals surface area contributed by atoms with Crippen molar-refractivity contribution in [3.63, 3.8) is 0 Å². The van der Waals surface area contributed by atoms with Gasteiger partial charge in [-0.2, -0.15) is 0 Å². The molecular formula is C37H39F2N7O3. The first-order valence-electron chi connectivity index (χ1n) is 16.6. The van der Waals surface area contributed by atoms with Gasteiger partial charge in [-0.25, -0.2) is 23.5 Å². The smallest absolute Gasteiger partial charge is 0.407 e. The lowest BCUT2D eigenvalue weighted by Crippen LogP contribution is -2.51. The van der Waals surface area contributed by atoms with Crippen molar-refractivity contribution in [1.29, 1.82) is 0 Å². The average molecular weight is 668 g/mol. The standard InChI is InChI=1S/C37H39F2N7O3/c1-21(2)32(45-36(48)49-3)35(47)46-14-4-5-31(46)34-41-19-30(44-34)27-13-12-25-15-24(10-11-26(25)16-27)22-6-8-23(9-7-22)29-18-40-33(43-29)28-17-37(38,39)20-42-28/h6-13,15-16,18-19,21,28,31-32,42H,4-5,14,17,20H2,1-3H3,(H,40,43)(H,41,44)(H,45,48)/t28-,31-,32-/m0/s1. The molecular weight excluding hydrogens is 628 g/mol. The summed E-state index contributed by atoms with van der Waals surface area (Å²) < 4.78 is 32.0. The number of imidazole rings is 2. The van der Waals surface area contributed by atoms with E-state index in [0.717, 1.165) is 63.1 Å². The van der Waals surface area contributed by atoms with Gasteiger partial charge in [0.25, 0.3) is 5.92 Å². The zero-order chi connectivity index (χ0) is 34.3. The number of amides is 2. The van der Waals surface area contributed by atoms with Crippen molar-refractivity contribution in [3.05, 3.63) is 84.7 Å². The maximum atomic E-state index is 13.6. The molecule has 7 rings (SSSR count). The molecule has 4 N–H and O–H groups in total. The van der Waals surface area contributed by atoms with Crippen LogP contribution in [-0.4, -0.2) is 69.0 Å². The monoisotopic (exact) mass is 667 g/mol. The number of H-pyrrole nitrogens is 2. The molecule has 0 unspecified atom stereocenters. The van der Waals surface area contributed by atoms with Gasteiger partial charge in [0.2, 0.25) is 5.91 Å². The van der Waals surface area contributed by atoms with Crippen LogP contribution in [-0.2, 0) is 9.53 Å². The van der Waals surface area contributed by atoms with Crippen molar-refractivity contribution in [1.82, 2.24) is 35.5 Å². The molecule has 2 saturated heterocycles. The third-order valence-electron chi connectivity index (χ3n) is 9.55. The summed E-state index contributed by atoms with van der Waals surface area (Å²) in [6.45, 7) is 4.06. The van der Waals surface area contributed by atoms with E-state index in [0.29, 0.717) is 12.4 Å². The van der Waals surface area contributed by atoms with Gasteiger partial charge in [-0.3, -0.25) is 4.79 Å². The Bertz CT molecular complexity index is 1990. The Kier molecular flexibility index (Phi) is 8.66. The number of methoxy groups -OCH3 is 1. The van der Waals surface area contributed by atoms with Gasteiger partial charge in [0.15, 0.2) is 0 Å². The summed E-state index contributed by atoms with van der Waals surface area (Å²) in [5.41, 5.74) is 5.70. The highest BCUT2D eigenvalue weighted by Gasteiger charge is 2.41. The predicted octanol–water partition coefficient (Wildman–Crippen LogP) is 7.00. The summed E-state index contributed by atoms with van der Waals surface area (Å²) in [5.74, 6) is -1.71. The Balaban J connectivity index is 1.05. The predicted molar refractivity (Wildman–Crippen MR) is 183 cm³/mol. The number of rotatable bonds is 8. The molecule has 0 radical (unpaired) electrons. The molecule has 2 aliphatic rings. The molecule has 3 atom stereocenters. The van der Waals surface area contributed by atoms with Crippen molar-refractivity contribution in [2.24, 2.45) is 5.92 Å². The minimum absolute atomic E-state index is 0.102. The quantitative estimate of drug-likeness (QED) is 0.141. The summed E-state index contributed by atoms with van der Waals surface area (Å²) in [5, 5.41) is 7.70. The van der Waals surface area contributed by atoms with Crippen LogP contribution in [0.2, 0.25) is 0 Å². The fourth-order valence-corrected chi connectivity index (χ4v) is 6.85. The molecule has 2 aromatic heterocycles. The Hall–Kier alpha value is -5.10. The number of nitrogens with one attached hydrogen (secondary N) is 4. The number of carbonyl (C=O) groups excluding carboxylic acids is 2. The third kappa shape index (κ3) is 6.65. The van der Waals surface area contributed by atoms with E-state index < -0.39 is 24.1 Å². The maximum Gasteiger partial charge on any atom is 0.407 e. The van der Waals surface area contributed by atoms with E-state index in [9.17, 15) is 18.4 Å². The number of hydrogen-bond donors (Lipinski definition) is 4. The van der Waals surface area contributed by atoms with E-state index in [1.165, 1.54) is 7.11 Å². The second-order valence-electron chi connectivity index (χ2n) is 13.3. The van der Waals surface area contributed by atoms with Gasteiger partial charge in [-0.15, -0.1) is 0 Å². The van der Waals surface area contributed by atoms with Crippen molar-refractivity contribution in [3.8, 4) is 33.6 Å². The minimum Gasteiger partial charge on any atom is -0.453 e. The molecule has 4 heterocycles. The highest BCUT2D eigenvalue weighted by Crippen LogP contribution is 2.35. The van der Waals surface area contributed by atoms with Crippen molar-refractivity contribution < 1.29 is 23.1 Å². The highest BCUT2D eigenvalue weighted by molar-refractivity contribution is 5.91. The maximum absolute atomic E-state index is 13.6. The molecule has 49 heavy (non-hydrogen) atoms. The van der Waals surface area contributed by atoms with Crippen LogP contribution in [0.25, 0.3) is 44.4 Å². The molecule has 2 amide bonds. The minimum atomic E-state index is -2.71. The van der Waals surface area contributed by atoms with Gasteiger partial charge < -0.3 is 30.2 Å². The molecule has 3 aromatic carbocycles. The number of fused-ring (bicyclic) bond motifs is 1. The van der Waals surface area contributed by atoms with Crippen molar-refractivity contribution in [2.75, 3.05) is 20.2 Å². The summed E-state index contributed by atoms with van der Waals surface area (Å²) in [4.78, 5) is 42.9. The molecule has 2 aliphatic heterocycles. The zero-order valence-electron chi connectivity index (χ0n) is 27.6. The molecule has 12 heteroatoms. The molecule has 0 spiro atoms. The Morgan fingerprint density at radius 2 is 1.51 bits per heavy atom. The summed E-state index contributed by atoms with van der Waals surface area (Å²) >= 11 is 0. The van der Waals surface area contributed by atoms with E-state index in [2.05, 4.69) is 67.0 Å². The van der Waals surface area contributed by atoms with Crippen LogP contribution in [0.4, 0.5) is 13.6 Å². The normalized spacial score (nSPS) is 19.4. The number of ether oxygens (including phenoxy) is 1. The van der Waals surface area contributed by atoms with E-state index >= 15 is 0 Å². The molecule has 254 valence electrons. The molecule has 0 aliphatic carbocycles. The number of benzene rings is 3. The summed E-state index contributed by atoms with van der Waals surface area (Å²) in [6.07, 6.45) is 4.25. The Morgan fingerprint density at radius 3 is 2.18 bits per heavy atom. The van der Waals surface area contributed by atoms with Crippen LogP contribution in [0.15, 0.2) is 73.1 Å². The van der Waals surface area contributed by atoms with Gasteiger partial charge in [-0.1, -0.05) is 62.4 Å². The van der Waals surface area contributed by atoms with Gasteiger partial charge in [0.05, 0.1) is 49.5 Å². The van der Waals surface area contributed by atoms with Crippen LogP contribution in [0, 0.1) is 5.92 Å². The zero-order valence-corrected chi connectivity index (χ0v) is 27.6. The highest BCUT2D eigenvalue weighted by atomic mass is 19.3. The molecule has 2 fully saturated rings. The van der Waals surface area contributed by atoms with Gasteiger partial charge in [0.1, 0.15) is 17.7 Å². The first-order valence-corrected chi connectivity index (χ1v) is 16.6. The van der Waals surface area contributed by atoms with Crippen LogP contribution >= 0.6 is 0 Å². The largest absolute Gasteiger partial charge is 0.453 e. The second kappa shape index (κ2) is 13.1. The van der Waals surface area contributed by atoms with Crippen LogP contribution in [0.3, 0.4) is 0 Å². The number of aromatic amines is 2. The number of alkyl halides is 2. The number of aromatic nitrogens is 4. The van der Waals surface area contributed by atoms with Crippen molar-refractivity contribution in [2.45, 2.75) is 57.2 Å². The number of hydrogen-bond acceptors (Lipinski definition) is 6. The van der Waals surface area contributed by atoms with E-state index in [-0.39, 0.29) is 30.8 Å². The number of halogens is 2. The number of alkyl carbamates (subject to hydrolysis) is 1. The van der Waals surface area contributed by atoms with Crippen LogP contribution in [0.5, 0.6) is 0 Å². The van der Waals surface area contributed by atoms with E-state index in [1.54, 1.807) is 11.1 Å². The first kappa shape index (κ1) is 32.4. The van der Waals surface area contributed by atoms with Gasteiger partial charge in [-0.05, 0) is 58.4 Å². The van der Waals surface area contributed by atoms with Crippen LogP contribution in [0.1, 0.15) is 56.8 Å². The first-order chi connectivity index (χ1) is 23.6. The van der Waals surface area contributed by atoms with E-state index in [1.807, 2.05) is 44.3 Å².